The van der Waals surface area contributed by atoms with Crippen molar-refractivity contribution in [3.63, 3.8) is 0 Å². The van der Waals surface area contributed by atoms with Crippen LogP contribution in [0.15, 0.2) is 261 Å². The second-order valence-electron chi connectivity index (χ2n) is 19.4. The van der Waals surface area contributed by atoms with E-state index in [1.54, 1.807) is 12.1 Å². The lowest BCUT2D eigenvalue weighted by Crippen LogP contribution is -2.08. The predicted molar refractivity (Wildman–Crippen MR) is 316 cm³/mol. The fourth-order valence-electron chi connectivity index (χ4n) is 11.1. The molecule has 0 spiro atoms. The van der Waals surface area contributed by atoms with Crippen molar-refractivity contribution in [3.8, 4) is 102 Å². The molecule has 0 saturated heterocycles. The number of nitrogens with zero attached hydrogens (tertiary/aromatic N) is 7. The van der Waals surface area contributed by atoms with E-state index in [0.717, 1.165) is 105 Å². The second-order valence-corrected chi connectivity index (χ2v) is 19.4. The molecule has 0 aliphatic carbocycles. The largest absolute Gasteiger partial charge is 0.307 e. The molecular formula is C71H43N7. The average molecular weight is 994 g/mol. The van der Waals surface area contributed by atoms with Crippen LogP contribution < -0.4 is 0 Å². The summed E-state index contributed by atoms with van der Waals surface area (Å²) in [4.78, 5) is 15.4. The SMILES string of the molecule is N#Cc1ccc(-c2nc(-c3ccccc3)nc(-c3cc(C#N)c(-n4c5ccc(-c6ccccc6)cc5c5cc(-c6ccccc6)ccc54)c(-n4c5ccc(-c6ccccc6)cc5c5cc(-c6ccccc6)ccc54)c3)n2)cc1. The highest BCUT2D eigenvalue weighted by Crippen LogP contribution is 2.44. The zero-order valence-electron chi connectivity index (χ0n) is 42.0. The molecule has 0 aliphatic rings. The molecule has 0 aliphatic heterocycles. The first-order chi connectivity index (χ1) is 38.6. The maximum absolute atomic E-state index is 11.9. The Bertz CT molecular complexity index is 4510. The van der Waals surface area contributed by atoms with Crippen molar-refractivity contribution in [2.75, 3.05) is 0 Å². The number of hydrogen-bond donors (Lipinski definition) is 0. The molecule has 7 heteroatoms. The molecular weight excluding hydrogens is 951 g/mol. The van der Waals surface area contributed by atoms with Crippen LogP contribution in [0.3, 0.4) is 0 Å². The van der Waals surface area contributed by atoms with E-state index < -0.39 is 0 Å². The van der Waals surface area contributed by atoms with Crippen LogP contribution in [0.2, 0.25) is 0 Å². The molecule has 0 N–H and O–H groups in total. The summed E-state index contributed by atoms with van der Waals surface area (Å²) in [5.74, 6) is 1.32. The van der Waals surface area contributed by atoms with Crippen molar-refractivity contribution in [3.05, 3.63) is 272 Å². The van der Waals surface area contributed by atoms with Crippen LogP contribution >= 0.6 is 0 Å². The molecule has 0 amide bonds. The predicted octanol–water partition coefficient (Wildman–Crippen LogP) is 17.5. The fourth-order valence-corrected chi connectivity index (χ4v) is 11.1. The molecule has 14 aromatic rings. The molecule has 3 aromatic heterocycles. The Balaban J connectivity index is 1.11. The Kier molecular flexibility index (Phi) is 11.1. The van der Waals surface area contributed by atoms with Crippen LogP contribution in [0.5, 0.6) is 0 Å². The highest BCUT2D eigenvalue weighted by Gasteiger charge is 2.26. The van der Waals surface area contributed by atoms with E-state index in [0.29, 0.717) is 39.9 Å². The average Bonchev–Trinajstić information content (AvgIpc) is 4.24. The monoisotopic (exact) mass is 993 g/mol. The van der Waals surface area contributed by atoms with E-state index in [4.69, 9.17) is 15.0 Å². The van der Waals surface area contributed by atoms with Gasteiger partial charge in [-0.3, -0.25) is 0 Å². The first-order valence-electron chi connectivity index (χ1n) is 25.9. The Morgan fingerprint density at radius 2 is 0.590 bits per heavy atom. The maximum atomic E-state index is 11.9. The van der Waals surface area contributed by atoms with Crippen LogP contribution in [-0.2, 0) is 0 Å². The highest BCUT2D eigenvalue weighted by molar-refractivity contribution is 6.14. The zero-order chi connectivity index (χ0) is 52.1. The van der Waals surface area contributed by atoms with Crippen molar-refractivity contribution in [1.29, 1.82) is 10.5 Å². The van der Waals surface area contributed by atoms with Gasteiger partial charge in [0.15, 0.2) is 17.5 Å². The van der Waals surface area contributed by atoms with Crippen LogP contribution in [0.25, 0.3) is 134 Å². The van der Waals surface area contributed by atoms with Gasteiger partial charge in [0.05, 0.1) is 50.6 Å². The molecule has 3 heterocycles. The summed E-state index contributed by atoms with van der Waals surface area (Å²) < 4.78 is 4.61. The van der Waals surface area contributed by atoms with Crippen molar-refractivity contribution >= 4 is 43.6 Å². The number of hydrogen-bond acceptors (Lipinski definition) is 5. The summed E-state index contributed by atoms with van der Waals surface area (Å²) in [6.07, 6.45) is 0. The standard InChI is InChI=1S/C71H43N7/c72-44-46-26-28-52(29-27-46)70-74-69(51-24-14-5-15-25-51)75-71(76-70)57-38-58(45-73)68(78-65-36-32-55(49-20-10-3-11-21-49)41-61(65)62-42-56(33-37-66(62)78)50-22-12-4-13-23-50)67(43-57)77-63-34-30-53(47-16-6-1-7-17-47)39-59(63)60-40-54(31-35-64(60)77)48-18-8-2-9-19-48/h1-43H. The molecule has 11 aromatic carbocycles. The van der Waals surface area contributed by atoms with Crippen LogP contribution in [0, 0.1) is 22.7 Å². The van der Waals surface area contributed by atoms with Gasteiger partial charge in [-0.1, -0.05) is 176 Å². The number of benzene rings is 11. The fraction of sp³-hybridized carbons (Fsp3) is 0. The summed E-state index contributed by atoms with van der Waals surface area (Å²) in [7, 11) is 0. The van der Waals surface area contributed by atoms with Gasteiger partial charge in [-0.05, 0) is 129 Å². The van der Waals surface area contributed by atoms with Gasteiger partial charge < -0.3 is 9.13 Å². The third-order valence-electron chi connectivity index (χ3n) is 14.8. The Labute approximate surface area is 450 Å². The molecule has 0 atom stereocenters. The van der Waals surface area contributed by atoms with Gasteiger partial charge in [-0.15, -0.1) is 0 Å². The maximum Gasteiger partial charge on any atom is 0.164 e. The molecule has 0 radical (unpaired) electrons. The van der Waals surface area contributed by atoms with Gasteiger partial charge in [0.1, 0.15) is 6.07 Å². The van der Waals surface area contributed by atoms with Gasteiger partial charge in [-0.25, -0.2) is 15.0 Å². The lowest BCUT2D eigenvalue weighted by atomic mass is 10.0. The molecule has 362 valence electrons. The number of aromatic nitrogens is 5. The minimum Gasteiger partial charge on any atom is -0.307 e. The highest BCUT2D eigenvalue weighted by atomic mass is 15.1. The van der Waals surface area contributed by atoms with E-state index in [1.807, 2.05) is 72.8 Å². The van der Waals surface area contributed by atoms with Crippen molar-refractivity contribution in [1.82, 2.24) is 24.1 Å². The van der Waals surface area contributed by atoms with E-state index in [-0.39, 0.29) is 0 Å². The van der Waals surface area contributed by atoms with Crippen molar-refractivity contribution < 1.29 is 0 Å². The molecule has 0 bridgehead atoms. The van der Waals surface area contributed by atoms with Gasteiger partial charge in [-0.2, -0.15) is 10.5 Å². The third-order valence-corrected chi connectivity index (χ3v) is 14.8. The third kappa shape index (κ3) is 7.95. The second kappa shape index (κ2) is 19.1. The quantitative estimate of drug-likeness (QED) is 0.144. The van der Waals surface area contributed by atoms with E-state index in [2.05, 4.69) is 197 Å². The summed E-state index contributed by atoms with van der Waals surface area (Å²) in [6, 6.07) is 94.9. The minimum absolute atomic E-state index is 0.397. The van der Waals surface area contributed by atoms with Crippen molar-refractivity contribution in [2.24, 2.45) is 0 Å². The van der Waals surface area contributed by atoms with E-state index in [9.17, 15) is 10.5 Å². The molecule has 78 heavy (non-hydrogen) atoms. The first kappa shape index (κ1) is 45.6. The molecule has 14 rings (SSSR count). The van der Waals surface area contributed by atoms with Gasteiger partial charge in [0.2, 0.25) is 0 Å². The van der Waals surface area contributed by atoms with Gasteiger partial charge in [0.25, 0.3) is 0 Å². The van der Waals surface area contributed by atoms with Crippen molar-refractivity contribution in [2.45, 2.75) is 0 Å². The number of rotatable bonds is 9. The van der Waals surface area contributed by atoms with E-state index in [1.165, 1.54) is 0 Å². The zero-order valence-corrected chi connectivity index (χ0v) is 42.0. The van der Waals surface area contributed by atoms with Crippen LogP contribution in [0.4, 0.5) is 0 Å². The Morgan fingerprint density at radius 1 is 0.269 bits per heavy atom. The molecule has 0 fully saturated rings. The summed E-state index contributed by atoms with van der Waals surface area (Å²) in [6.45, 7) is 0. The summed E-state index contributed by atoms with van der Waals surface area (Å²) in [5.41, 5.74) is 17.3. The lowest BCUT2D eigenvalue weighted by molar-refractivity contribution is 1.06. The molecule has 7 nitrogen and oxygen atoms in total. The van der Waals surface area contributed by atoms with Crippen LogP contribution in [0.1, 0.15) is 11.1 Å². The lowest BCUT2D eigenvalue weighted by Gasteiger charge is -2.20. The molecule has 0 unspecified atom stereocenters. The Morgan fingerprint density at radius 3 is 0.949 bits per heavy atom. The number of nitriles is 2. The van der Waals surface area contributed by atoms with Crippen LogP contribution in [-0.4, -0.2) is 24.1 Å². The minimum atomic E-state index is 0.397. The van der Waals surface area contributed by atoms with E-state index >= 15 is 0 Å². The smallest absolute Gasteiger partial charge is 0.164 e. The molecule has 0 saturated carbocycles. The normalized spacial score (nSPS) is 11.3. The summed E-state index contributed by atoms with van der Waals surface area (Å²) >= 11 is 0. The topological polar surface area (TPSA) is 96.1 Å². The Hall–Kier alpha value is -11.0. The first-order valence-corrected chi connectivity index (χ1v) is 25.9. The van der Waals surface area contributed by atoms with Gasteiger partial charge in [0, 0.05) is 38.2 Å². The number of fused-ring (bicyclic) bond motifs is 6. The summed E-state index contributed by atoms with van der Waals surface area (Å²) in [5, 5.41) is 25.8. The van der Waals surface area contributed by atoms with Gasteiger partial charge >= 0.3 is 0 Å².